The number of carbonyl (C=O) groups is 1. The lowest BCUT2D eigenvalue weighted by molar-refractivity contribution is -0.245. The molecule has 1 amide bonds. The van der Waals surface area contributed by atoms with Gasteiger partial charge in [0.15, 0.2) is 0 Å². The van der Waals surface area contributed by atoms with Crippen molar-refractivity contribution in [1.82, 2.24) is 0 Å². The van der Waals surface area contributed by atoms with Gasteiger partial charge in [0.05, 0.1) is 11.5 Å². The molecule has 5 saturated carbocycles. The van der Waals surface area contributed by atoms with Crippen molar-refractivity contribution in [2.45, 2.75) is 112 Å². The highest BCUT2D eigenvalue weighted by atomic mass is 16.3. The van der Waals surface area contributed by atoms with E-state index < -0.39 is 0 Å². The third-order valence-corrected chi connectivity index (χ3v) is 13.8. The topological polar surface area (TPSA) is 75.7 Å². The standard InChI is InChI=1S/C30H50N2O2/c1-18(32-7)19-10-15-30(25(31)34)17-16-28(5)20(24(19)30)8-9-22-27(4)13-12-23(33)26(2,3)21(27)11-14-29(22,28)6/h19-24,33H,8-17H2,1-7H3,(H2,31,34)/b32-18+/t19-,20?,21?,22?,23-,24?,27-,28+,29+,30-/m0/s1. The molecule has 0 radical (unpaired) electrons. The number of nitrogens with zero attached hydrogens (tertiary/aromatic N) is 1. The maximum Gasteiger partial charge on any atom is 0.223 e. The van der Waals surface area contributed by atoms with Gasteiger partial charge in [-0.25, -0.2) is 0 Å². The van der Waals surface area contributed by atoms with Crippen LogP contribution in [0, 0.1) is 56.7 Å². The molecule has 4 heteroatoms. The number of nitrogens with two attached hydrogens (primary N) is 1. The van der Waals surface area contributed by atoms with E-state index in [0.29, 0.717) is 29.6 Å². The van der Waals surface area contributed by atoms with Crippen molar-refractivity contribution in [3.8, 4) is 0 Å². The second-order valence-electron chi connectivity index (χ2n) is 14.6. The van der Waals surface area contributed by atoms with Gasteiger partial charge >= 0.3 is 0 Å². The molecule has 4 nitrogen and oxygen atoms in total. The lowest BCUT2D eigenvalue weighted by Gasteiger charge is -2.72. The highest BCUT2D eigenvalue weighted by molar-refractivity contribution is 5.88. The molecule has 10 atom stereocenters. The van der Waals surface area contributed by atoms with Crippen molar-refractivity contribution in [2.24, 2.45) is 67.4 Å². The first-order chi connectivity index (χ1) is 15.8. The maximum absolute atomic E-state index is 13.1. The Morgan fingerprint density at radius 2 is 1.56 bits per heavy atom. The summed E-state index contributed by atoms with van der Waals surface area (Å²) in [5.41, 5.74) is 7.90. The SMILES string of the molecule is C/N=C(\C)[C@@H]1CC[C@]2(C(N)=O)CC[C@]3(C)C(CCC4[C@@]5(C)CC[C@H](O)C(C)(C)C5CC[C@]43C)C12. The first-order valence-electron chi connectivity index (χ1n) is 14.2. The summed E-state index contributed by atoms with van der Waals surface area (Å²) in [6, 6.07) is 0. The van der Waals surface area contributed by atoms with E-state index >= 15 is 0 Å². The number of hydrogen-bond donors (Lipinski definition) is 2. The number of rotatable bonds is 2. The zero-order valence-corrected chi connectivity index (χ0v) is 22.9. The van der Waals surface area contributed by atoms with E-state index in [2.05, 4.69) is 46.5 Å². The quantitative estimate of drug-likeness (QED) is 0.485. The highest BCUT2D eigenvalue weighted by Crippen LogP contribution is 2.77. The predicted octanol–water partition coefficient (Wildman–Crippen LogP) is 6.00. The van der Waals surface area contributed by atoms with Crippen molar-refractivity contribution < 1.29 is 9.90 Å². The minimum atomic E-state index is -0.331. The van der Waals surface area contributed by atoms with Gasteiger partial charge in [0.2, 0.25) is 5.91 Å². The third kappa shape index (κ3) is 2.81. The van der Waals surface area contributed by atoms with Gasteiger partial charge in [-0.2, -0.15) is 0 Å². The Morgan fingerprint density at radius 1 is 0.853 bits per heavy atom. The van der Waals surface area contributed by atoms with E-state index in [4.69, 9.17) is 5.73 Å². The number of aliphatic hydroxyl groups excluding tert-OH is 1. The number of amides is 1. The molecule has 5 aliphatic rings. The Bertz CT molecular complexity index is 896. The summed E-state index contributed by atoms with van der Waals surface area (Å²) in [5.74, 6) is 2.52. The summed E-state index contributed by atoms with van der Waals surface area (Å²) < 4.78 is 0. The van der Waals surface area contributed by atoms with Gasteiger partial charge in [-0.15, -0.1) is 0 Å². The van der Waals surface area contributed by atoms with E-state index in [9.17, 15) is 9.90 Å². The first-order valence-corrected chi connectivity index (χ1v) is 14.2. The first kappa shape index (κ1) is 24.8. The number of aliphatic imine (C=N–C) groups is 1. The Hall–Kier alpha value is -0.900. The summed E-state index contributed by atoms with van der Waals surface area (Å²) in [6.45, 7) is 14.7. The Labute approximate surface area is 207 Å². The second kappa shape index (κ2) is 7.56. The second-order valence-corrected chi connectivity index (χ2v) is 14.6. The molecule has 5 aliphatic carbocycles. The van der Waals surface area contributed by atoms with Gasteiger partial charge in [0.25, 0.3) is 0 Å². The molecule has 4 unspecified atom stereocenters. The zero-order valence-electron chi connectivity index (χ0n) is 22.9. The van der Waals surface area contributed by atoms with Gasteiger partial charge in [-0.05, 0) is 116 Å². The van der Waals surface area contributed by atoms with Crippen LogP contribution in [0.3, 0.4) is 0 Å². The lowest BCUT2D eigenvalue weighted by Crippen LogP contribution is -2.67. The van der Waals surface area contributed by atoms with E-state index in [0.717, 1.165) is 38.5 Å². The Balaban J connectivity index is 1.57. The molecule has 0 bridgehead atoms. The van der Waals surface area contributed by atoms with Gasteiger partial charge in [-0.3, -0.25) is 9.79 Å². The fourth-order valence-electron chi connectivity index (χ4n) is 11.6. The summed E-state index contributed by atoms with van der Waals surface area (Å²) in [6.07, 6.45) is 11.0. The molecular weight excluding hydrogens is 420 g/mol. The van der Waals surface area contributed by atoms with Crippen LogP contribution in [-0.4, -0.2) is 29.9 Å². The number of carbonyl (C=O) groups excluding carboxylic acids is 1. The summed E-state index contributed by atoms with van der Waals surface area (Å²) in [4.78, 5) is 17.7. The van der Waals surface area contributed by atoms with Crippen LogP contribution in [0.15, 0.2) is 4.99 Å². The average molecular weight is 471 g/mol. The highest BCUT2D eigenvalue weighted by Gasteiger charge is 2.71. The lowest BCUT2D eigenvalue weighted by atomic mass is 9.32. The monoisotopic (exact) mass is 470 g/mol. The molecule has 3 N–H and O–H groups in total. The van der Waals surface area contributed by atoms with Crippen LogP contribution in [0.1, 0.15) is 106 Å². The van der Waals surface area contributed by atoms with E-state index in [-0.39, 0.29) is 39.1 Å². The third-order valence-electron chi connectivity index (χ3n) is 13.8. The summed E-state index contributed by atoms with van der Waals surface area (Å²) in [7, 11) is 1.92. The molecule has 5 rings (SSSR count). The van der Waals surface area contributed by atoms with Crippen molar-refractivity contribution in [3.05, 3.63) is 0 Å². The molecule has 0 aromatic rings. The fourth-order valence-corrected chi connectivity index (χ4v) is 11.6. The largest absolute Gasteiger partial charge is 0.393 e. The molecule has 5 fully saturated rings. The Morgan fingerprint density at radius 3 is 2.21 bits per heavy atom. The summed E-state index contributed by atoms with van der Waals surface area (Å²) >= 11 is 0. The van der Waals surface area contributed by atoms with E-state index in [1.807, 2.05) is 7.05 Å². The maximum atomic E-state index is 13.1. The molecule has 0 saturated heterocycles. The van der Waals surface area contributed by atoms with Crippen LogP contribution in [0.2, 0.25) is 0 Å². The minimum absolute atomic E-state index is 0.00891. The van der Waals surface area contributed by atoms with Crippen molar-refractivity contribution in [2.75, 3.05) is 7.05 Å². The van der Waals surface area contributed by atoms with Gasteiger partial charge in [0, 0.05) is 18.7 Å². The molecule has 34 heavy (non-hydrogen) atoms. The zero-order chi connectivity index (χ0) is 24.9. The smallest absolute Gasteiger partial charge is 0.223 e. The van der Waals surface area contributed by atoms with E-state index in [1.165, 1.54) is 31.4 Å². The van der Waals surface area contributed by atoms with Crippen LogP contribution in [0.25, 0.3) is 0 Å². The van der Waals surface area contributed by atoms with Gasteiger partial charge in [0.1, 0.15) is 0 Å². The molecular formula is C30H50N2O2. The van der Waals surface area contributed by atoms with Crippen LogP contribution in [0.5, 0.6) is 0 Å². The number of hydrogen-bond acceptors (Lipinski definition) is 3. The van der Waals surface area contributed by atoms with Crippen LogP contribution >= 0.6 is 0 Å². The molecule has 0 aliphatic heterocycles. The van der Waals surface area contributed by atoms with Crippen molar-refractivity contribution in [1.29, 1.82) is 0 Å². The predicted molar refractivity (Wildman–Crippen MR) is 138 cm³/mol. The van der Waals surface area contributed by atoms with Crippen LogP contribution in [0.4, 0.5) is 0 Å². The molecule has 0 heterocycles. The summed E-state index contributed by atoms with van der Waals surface area (Å²) in [5, 5.41) is 10.9. The number of fused-ring (bicyclic) bond motifs is 7. The molecule has 0 aromatic heterocycles. The van der Waals surface area contributed by atoms with Gasteiger partial charge in [-0.1, -0.05) is 34.6 Å². The van der Waals surface area contributed by atoms with Crippen LogP contribution in [-0.2, 0) is 4.79 Å². The number of aliphatic hydroxyl groups is 1. The van der Waals surface area contributed by atoms with Gasteiger partial charge < -0.3 is 10.8 Å². The van der Waals surface area contributed by atoms with Crippen molar-refractivity contribution >= 4 is 11.6 Å². The fraction of sp³-hybridized carbons (Fsp3) is 0.933. The molecule has 0 aromatic carbocycles. The van der Waals surface area contributed by atoms with Crippen molar-refractivity contribution in [3.63, 3.8) is 0 Å². The molecule has 192 valence electrons. The van der Waals surface area contributed by atoms with Crippen LogP contribution < -0.4 is 5.73 Å². The average Bonchev–Trinajstić information content (AvgIpc) is 3.18. The Kier molecular flexibility index (Phi) is 5.51. The van der Waals surface area contributed by atoms with E-state index in [1.54, 1.807) is 0 Å². The minimum Gasteiger partial charge on any atom is -0.393 e. The number of primary amides is 1. The molecule has 0 spiro atoms. The normalized spacial score (nSPS) is 54.4.